The lowest BCUT2D eigenvalue weighted by atomic mass is 10.0. The highest BCUT2D eigenvalue weighted by Gasteiger charge is 2.11. The van der Waals surface area contributed by atoms with Crippen molar-refractivity contribution in [1.82, 2.24) is 4.90 Å². The molecule has 118 valence electrons. The van der Waals surface area contributed by atoms with Gasteiger partial charge in [0.25, 0.3) is 0 Å². The molecule has 2 N–H and O–H groups in total. The van der Waals surface area contributed by atoms with Crippen LogP contribution in [0.3, 0.4) is 0 Å². The maximum Gasteiger partial charge on any atom is 0.165 e. The number of hydrogen-bond acceptors (Lipinski definition) is 3. The number of nitrogens with two attached hydrogens (primary N) is 1. The molecule has 0 aromatic heterocycles. The van der Waals surface area contributed by atoms with Gasteiger partial charge in [-0.1, -0.05) is 19.4 Å². The lowest BCUT2D eigenvalue weighted by molar-refractivity contribution is 0.180. The van der Waals surface area contributed by atoms with Crippen LogP contribution in [0.5, 0.6) is 5.75 Å². The van der Waals surface area contributed by atoms with Crippen LogP contribution in [0.1, 0.15) is 38.2 Å². The summed E-state index contributed by atoms with van der Waals surface area (Å²) in [6, 6.07) is 5.28. The first-order chi connectivity index (χ1) is 10.2. The minimum atomic E-state index is -0.283. The van der Waals surface area contributed by atoms with Gasteiger partial charge in [0.2, 0.25) is 0 Å². The molecule has 1 saturated heterocycles. The first kappa shape index (κ1) is 16.2. The van der Waals surface area contributed by atoms with E-state index in [4.69, 9.17) is 10.5 Å². The van der Waals surface area contributed by atoms with Gasteiger partial charge in [0.15, 0.2) is 11.6 Å². The van der Waals surface area contributed by atoms with Gasteiger partial charge in [0.05, 0.1) is 0 Å². The maximum absolute atomic E-state index is 14.0. The molecule has 0 saturated carbocycles. The van der Waals surface area contributed by atoms with Crippen molar-refractivity contribution in [3.05, 3.63) is 29.6 Å². The van der Waals surface area contributed by atoms with E-state index in [1.165, 1.54) is 19.3 Å². The zero-order valence-corrected chi connectivity index (χ0v) is 13.0. The normalized spacial score (nSPS) is 17.7. The molecule has 2 rings (SSSR count). The van der Waals surface area contributed by atoms with E-state index < -0.39 is 0 Å². The van der Waals surface area contributed by atoms with Crippen molar-refractivity contribution in [2.75, 3.05) is 26.2 Å². The number of ether oxygens (including phenoxy) is 1. The Balaban J connectivity index is 1.80. The number of piperidine rings is 1. The average molecular weight is 294 g/mol. The number of likely N-dealkylation sites (tertiary alicyclic amines) is 1. The molecule has 4 heteroatoms. The Hall–Kier alpha value is -1.13. The third-order valence-corrected chi connectivity index (χ3v) is 4.13. The van der Waals surface area contributed by atoms with Crippen molar-refractivity contribution in [1.29, 1.82) is 0 Å². The number of hydrogen-bond donors (Lipinski definition) is 1. The molecule has 21 heavy (non-hydrogen) atoms. The molecule has 1 aromatic carbocycles. The van der Waals surface area contributed by atoms with Crippen LogP contribution in [0, 0.1) is 5.82 Å². The summed E-state index contributed by atoms with van der Waals surface area (Å²) in [4.78, 5) is 2.38. The Morgan fingerprint density at radius 2 is 2.05 bits per heavy atom. The van der Waals surface area contributed by atoms with E-state index in [0.29, 0.717) is 18.8 Å². The largest absolute Gasteiger partial charge is 0.489 e. The Morgan fingerprint density at radius 1 is 1.29 bits per heavy atom. The average Bonchev–Trinajstić information content (AvgIpc) is 2.50. The van der Waals surface area contributed by atoms with Gasteiger partial charge in [-0.25, -0.2) is 4.39 Å². The van der Waals surface area contributed by atoms with E-state index in [9.17, 15) is 4.39 Å². The summed E-state index contributed by atoms with van der Waals surface area (Å²) in [7, 11) is 0. The Bertz CT molecular complexity index is 433. The van der Waals surface area contributed by atoms with Crippen molar-refractivity contribution < 1.29 is 9.13 Å². The summed E-state index contributed by atoms with van der Waals surface area (Å²) >= 11 is 0. The van der Waals surface area contributed by atoms with Gasteiger partial charge in [-0.3, -0.25) is 4.90 Å². The summed E-state index contributed by atoms with van der Waals surface area (Å²) in [6.45, 7) is 5.74. The third kappa shape index (κ3) is 5.29. The Kier molecular flexibility index (Phi) is 6.46. The quantitative estimate of drug-likeness (QED) is 0.840. The third-order valence-electron chi connectivity index (χ3n) is 4.13. The molecule has 3 nitrogen and oxygen atoms in total. The van der Waals surface area contributed by atoms with E-state index in [2.05, 4.69) is 4.90 Å². The van der Waals surface area contributed by atoms with Crippen molar-refractivity contribution in [3.63, 3.8) is 0 Å². The number of nitrogens with zero attached hydrogens (tertiary/aromatic N) is 1. The molecular formula is C17H27FN2O. The monoisotopic (exact) mass is 294 g/mol. The minimum Gasteiger partial charge on any atom is -0.489 e. The molecule has 1 heterocycles. The number of halogens is 1. The molecule has 0 aliphatic carbocycles. The Labute approximate surface area is 127 Å². The van der Waals surface area contributed by atoms with Gasteiger partial charge in [-0.05, 0) is 56.5 Å². The van der Waals surface area contributed by atoms with Gasteiger partial charge in [0, 0.05) is 12.6 Å². The highest BCUT2D eigenvalue weighted by Crippen LogP contribution is 2.19. The first-order valence-electron chi connectivity index (χ1n) is 8.08. The van der Waals surface area contributed by atoms with Crippen LogP contribution in [0.2, 0.25) is 0 Å². The zero-order chi connectivity index (χ0) is 15.1. The fraction of sp³-hybridized carbons (Fsp3) is 0.647. The van der Waals surface area contributed by atoms with Crippen molar-refractivity contribution in [2.24, 2.45) is 5.73 Å². The van der Waals surface area contributed by atoms with Crippen molar-refractivity contribution in [3.8, 4) is 5.75 Å². The summed E-state index contributed by atoms with van der Waals surface area (Å²) in [5.74, 6) is 0.0651. The molecule has 0 amide bonds. The predicted octanol–water partition coefficient (Wildman–Crippen LogP) is 2.97. The smallest absolute Gasteiger partial charge is 0.165 e. The molecule has 1 aliphatic rings. The second kappa shape index (κ2) is 8.35. The molecule has 1 unspecified atom stereocenters. The lowest BCUT2D eigenvalue weighted by Crippen LogP contribution is -2.33. The van der Waals surface area contributed by atoms with Gasteiger partial charge in [-0.15, -0.1) is 0 Å². The van der Waals surface area contributed by atoms with Crippen LogP contribution < -0.4 is 10.5 Å². The standard InChI is InChI=1S/C17H27FN2O/c1-2-15(19)12-14-6-7-17(16(18)13-14)21-11-10-20-8-4-3-5-9-20/h6-7,13,15H,2-5,8-12,19H2,1H3. The number of rotatable bonds is 7. The second-order valence-electron chi connectivity index (χ2n) is 5.89. The van der Waals surface area contributed by atoms with Crippen LogP contribution >= 0.6 is 0 Å². The second-order valence-corrected chi connectivity index (χ2v) is 5.89. The van der Waals surface area contributed by atoms with Gasteiger partial charge >= 0.3 is 0 Å². The van der Waals surface area contributed by atoms with E-state index >= 15 is 0 Å². The van der Waals surface area contributed by atoms with Crippen LogP contribution in [0.4, 0.5) is 4.39 Å². The highest BCUT2D eigenvalue weighted by molar-refractivity contribution is 5.29. The van der Waals surface area contributed by atoms with Crippen LogP contribution in [-0.4, -0.2) is 37.2 Å². The van der Waals surface area contributed by atoms with Gasteiger partial charge in [0.1, 0.15) is 6.61 Å². The van der Waals surface area contributed by atoms with Gasteiger partial charge in [-0.2, -0.15) is 0 Å². The molecule has 0 radical (unpaired) electrons. The van der Waals surface area contributed by atoms with Crippen molar-refractivity contribution >= 4 is 0 Å². The summed E-state index contributed by atoms with van der Waals surface area (Å²) in [5.41, 5.74) is 6.83. The molecule has 1 aliphatic heterocycles. The van der Waals surface area contributed by atoms with Crippen molar-refractivity contribution in [2.45, 2.75) is 45.1 Å². The minimum absolute atomic E-state index is 0.0928. The molecule has 1 aromatic rings. The van der Waals surface area contributed by atoms with E-state index in [1.54, 1.807) is 12.1 Å². The molecule has 1 fully saturated rings. The Morgan fingerprint density at radius 3 is 2.71 bits per heavy atom. The summed E-state index contributed by atoms with van der Waals surface area (Å²) in [6.07, 6.45) is 5.46. The van der Waals surface area contributed by atoms with Crippen LogP contribution in [0.15, 0.2) is 18.2 Å². The summed E-state index contributed by atoms with van der Waals surface area (Å²) < 4.78 is 19.6. The fourth-order valence-electron chi connectivity index (χ4n) is 2.70. The molecule has 1 atom stereocenters. The molecule has 0 bridgehead atoms. The van der Waals surface area contributed by atoms with E-state index in [0.717, 1.165) is 31.6 Å². The van der Waals surface area contributed by atoms with Gasteiger partial charge < -0.3 is 10.5 Å². The molecule has 0 spiro atoms. The fourth-order valence-corrected chi connectivity index (χ4v) is 2.70. The lowest BCUT2D eigenvalue weighted by Gasteiger charge is -2.26. The predicted molar refractivity (Wildman–Crippen MR) is 84.2 cm³/mol. The summed E-state index contributed by atoms with van der Waals surface area (Å²) in [5, 5.41) is 0. The first-order valence-corrected chi connectivity index (χ1v) is 8.08. The molecular weight excluding hydrogens is 267 g/mol. The van der Waals surface area contributed by atoms with Crippen LogP contribution in [0.25, 0.3) is 0 Å². The topological polar surface area (TPSA) is 38.5 Å². The number of benzene rings is 1. The zero-order valence-electron chi connectivity index (χ0n) is 13.0. The maximum atomic E-state index is 14.0. The SMILES string of the molecule is CCC(N)Cc1ccc(OCCN2CCCCC2)c(F)c1. The van der Waals surface area contributed by atoms with Crippen LogP contribution in [-0.2, 0) is 6.42 Å². The highest BCUT2D eigenvalue weighted by atomic mass is 19.1. The van der Waals surface area contributed by atoms with E-state index in [-0.39, 0.29) is 11.9 Å². The van der Waals surface area contributed by atoms with E-state index in [1.807, 2.05) is 13.0 Å².